The quantitative estimate of drug-likeness (QED) is 0.626. The van der Waals surface area contributed by atoms with E-state index in [0.717, 1.165) is 40.1 Å². The third-order valence-electron chi connectivity index (χ3n) is 4.42. The molecule has 3 aromatic rings. The van der Waals surface area contributed by atoms with E-state index in [0.29, 0.717) is 5.56 Å². The fourth-order valence-electron chi connectivity index (χ4n) is 2.92. The van der Waals surface area contributed by atoms with Gasteiger partial charge in [-0.3, -0.25) is 0 Å². The number of sulfone groups is 2. The van der Waals surface area contributed by atoms with Crippen LogP contribution in [0.15, 0.2) is 68.6 Å². The number of hydrogen-bond donors (Lipinski definition) is 1. The van der Waals surface area contributed by atoms with Crippen molar-refractivity contribution in [3.63, 3.8) is 0 Å². The minimum atomic E-state index is -3.85. The Morgan fingerprint density at radius 3 is 2.21 bits per heavy atom. The van der Waals surface area contributed by atoms with Crippen LogP contribution in [0.25, 0.3) is 11.1 Å². The predicted octanol–water partition coefficient (Wildman–Crippen LogP) is 4.26. The largest absolute Gasteiger partial charge is 0.380 e. The molecule has 0 aliphatic carbocycles. The standard InChI is InChI=1S/C20H21NO4S3/c1-4-14-7-5-6-8-18(14)15-11-16(27(3,22)23)13-17(12-15)28(24,25)20-10-9-19(21-2)26-20/h5-13,21H,4H2,1-3H3. The summed E-state index contributed by atoms with van der Waals surface area (Å²) in [5, 5.41) is 3.63. The van der Waals surface area contributed by atoms with Crippen molar-refractivity contribution in [3.05, 3.63) is 60.2 Å². The number of nitrogens with one attached hydrogen (secondary N) is 1. The molecule has 1 heterocycles. The first-order valence-electron chi connectivity index (χ1n) is 8.63. The van der Waals surface area contributed by atoms with E-state index in [-0.39, 0.29) is 14.0 Å². The highest BCUT2D eigenvalue weighted by Gasteiger charge is 2.24. The fourth-order valence-corrected chi connectivity index (χ4v) is 6.31. The summed E-state index contributed by atoms with van der Waals surface area (Å²) in [4.78, 5) is -0.0410. The maximum atomic E-state index is 13.2. The molecule has 8 heteroatoms. The monoisotopic (exact) mass is 435 g/mol. The number of rotatable bonds is 6. The second-order valence-electron chi connectivity index (χ2n) is 6.35. The summed E-state index contributed by atoms with van der Waals surface area (Å²) in [5.41, 5.74) is 2.42. The van der Waals surface area contributed by atoms with Crippen molar-refractivity contribution < 1.29 is 16.8 Å². The maximum Gasteiger partial charge on any atom is 0.216 e. The van der Waals surface area contributed by atoms with Crippen molar-refractivity contribution in [2.75, 3.05) is 18.6 Å². The highest BCUT2D eigenvalue weighted by molar-refractivity contribution is 7.93. The molecule has 1 N–H and O–H groups in total. The summed E-state index contributed by atoms with van der Waals surface area (Å²) < 4.78 is 51.0. The zero-order chi connectivity index (χ0) is 20.5. The summed E-state index contributed by atoms with van der Waals surface area (Å²) in [6.45, 7) is 2.00. The Bertz CT molecular complexity index is 1230. The van der Waals surface area contributed by atoms with Gasteiger partial charge in [-0.05, 0) is 53.4 Å². The van der Waals surface area contributed by atoms with Gasteiger partial charge in [-0.15, -0.1) is 11.3 Å². The maximum absolute atomic E-state index is 13.2. The van der Waals surface area contributed by atoms with Crippen molar-refractivity contribution in [1.82, 2.24) is 0 Å². The summed E-state index contributed by atoms with van der Waals surface area (Å²) in [5.74, 6) is 0. The van der Waals surface area contributed by atoms with Gasteiger partial charge in [-0.1, -0.05) is 31.2 Å². The van der Waals surface area contributed by atoms with Crippen molar-refractivity contribution in [2.24, 2.45) is 0 Å². The third-order valence-corrected chi connectivity index (χ3v) is 8.84. The minimum Gasteiger partial charge on any atom is -0.380 e. The molecule has 0 bridgehead atoms. The molecule has 0 unspecified atom stereocenters. The lowest BCUT2D eigenvalue weighted by molar-refractivity contribution is 0.597. The Labute approximate surface area is 169 Å². The Hall–Kier alpha value is -2.16. The fraction of sp³-hybridized carbons (Fsp3) is 0.200. The number of anilines is 1. The van der Waals surface area contributed by atoms with Crippen molar-refractivity contribution in [3.8, 4) is 11.1 Å². The first kappa shape index (κ1) is 20.6. The molecule has 2 aromatic carbocycles. The molecule has 1 aromatic heterocycles. The van der Waals surface area contributed by atoms with Crippen molar-refractivity contribution in [2.45, 2.75) is 27.3 Å². The van der Waals surface area contributed by atoms with Crippen molar-refractivity contribution in [1.29, 1.82) is 0 Å². The molecule has 0 amide bonds. The minimum absolute atomic E-state index is 0.0140. The van der Waals surface area contributed by atoms with Gasteiger partial charge in [0, 0.05) is 13.3 Å². The average molecular weight is 436 g/mol. The molecular formula is C20H21NO4S3. The molecule has 0 fully saturated rings. The molecule has 5 nitrogen and oxygen atoms in total. The molecule has 0 saturated heterocycles. The van der Waals surface area contributed by atoms with Gasteiger partial charge in [0.25, 0.3) is 0 Å². The molecule has 0 spiro atoms. The van der Waals surface area contributed by atoms with E-state index in [9.17, 15) is 16.8 Å². The van der Waals surface area contributed by atoms with Crippen molar-refractivity contribution >= 4 is 36.0 Å². The summed E-state index contributed by atoms with van der Waals surface area (Å²) >= 11 is 1.11. The SMILES string of the molecule is CCc1ccccc1-c1cc(S(C)(=O)=O)cc(S(=O)(=O)c2ccc(NC)s2)c1. The Kier molecular flexibility index (Phi) is 5.65. The van der Waals surface area contributed by atoms with Gasteiger partial charge in [0.15, 0.2) is 9.84 Å². The number of hydrogen-bond acceptors (Lipinski definition) is 6. The highest BCUT2D eigenvalue weighted by atomic mass is 32.2. The second-order valence-corrected chi connectivity index (χ2v) is 11.6. The summed E-state index contributed by atoms with van der Waals surface area (Å²) in [7, 11) is -5.72. The van der Waals surface area contributed by atoms with Crippen LogP contribution in [0.1, 0.15) is 12.5 Å². The van der Waals surface area contributed by atoms with E-state index < -0.39 is 19.7 Å². The molecule has 0 aliphatic rings. The summed E-state index contributed by atoms with van der Waals surface area (Å²) in [6.07, 6.45) is 1.83. The molecule has 0 radical (unpaired) electrons. The average Bonchev–Trinajstić information content (AvgIpc) is 3.17. The number of aryl methyl sites for hydroxylation is 1. The second kappa shape index (κ2) is 7.69. The van der Waals surface area contributed by atoms with Crippen LogP contribution in [-0.2, 0) is 26.1 Å². The van der Waals surface area contributed by atoms with Crippen LogP contribution in [0.5, 0.6) is 0 Å². The smallest absolute Gasteiger partial charge is 0.216 e. The van der Waals surface area contributed by atoms with Crippen LogP contribution < -0.4 is 5.32 Å². The van der Waals surface area contributed by atoms with Gasteiger partial charge >= 0.3 is 0 Å². The Balaban J connectivity index is 2.27. The zero-order valence-electron chi connectivity index (χ0n) is 15.8. The number of benzene rings is 2. The van der Waals surface area contributed by atoms with Crippen LogP contribution in [0, 0.1) is 0 Å². The van der Waals surface area contributed by atoms with E-state index in [2.05, 4.69) is 5.32 Å². The molecule has 28 heavy (non-hydrogen) atoms. The molecule has 0 saturated carbocycles. The van der Waals surface area contributed by atoms with Crippen LogP contribution in [0.4, 0.5) is 5.00 Å². The zero-order valence-corrected chi connectivity index (χ0v) is 18.2. The van der Waals surface area contributed by atoms with E-state index >= 15 is 0 Å². The first-order chi connectivity index (χ1) is 13.2. The lowest BCUT2D eigenvalue weighted by atomic mass is 9.98. The molecule has 3 rings (SSSR count). The lowest BCUT2D eigenvalue weighted by Crippen LogP contribution is -2.05. The van der Waals surface area contributed by atoms with Gasteiger partial charge in [-0.2, -0.15) is 0 Å². The highest BCUT2D eigenvalue weighted by Crippen LogP contribution is 2.35. The topological polar surface area (TPSA) is 80.3 Å². The molecule has 0 aliphatic heterocycles. The molecular weight excluding hydrogens is 414 g/mol. The number of thiophene rings is 1. The van der Waals surface area contributed by atoms with Gasteiger partial charge < -0.3 is 5.32 Å². The van der Waals surface area contributed by atoms with Crippen LogP contribution in [0.2, 0.25) is 0 Å². The van der Waals surface area contributed by atoms with Crippen LogP contribution in [0.3, 0.4) is 0 Å². The third kappa shape index (κ3) is 3.99. The van der Waals surface area contributed by atoms with E-state index in [1.807, 2.05) is 31.2 Å². The van der Waals surface area contributed by atoms with Gasteiger partial charge in [0.05, 0.1) is 14.8 Å². The predicted molar refractivity (Wildman–Crippen MR) is 114 cm³/mol. The van der Waals surface area contributed by atoms with Crippen LogP contribution in [-0.4, -0.2) is 30.1 Å². The Morgan fingerprint density at radius 2 is 1.61 bits per heavy atom. The lowest BCUT2D eigenvalue weighted by Gasteiger charge is -2.12. The molecule has 148 valence electrons. The van der Waals surface area contributed by atoms with Gasteiger partial charge in [0.1, 0.15) is 4.21 Å². The molecule has 0 atom stereocenters. The van der Waals surface area contributed by atoms with E-state index in [1.54, 1.807) is 19.2 Å². The van der Waals surface area contributed by atoms with Gasteiger partial charge in [0.2, 0.25) is 9.84 Å². The normalized spacial score (nSPS) is 12.1. The Morgan fingerprint density at radius 1 is 0.929 bits per heavy atom. The van der Waals surface area contributed by atoms with E-state index in [1.165, 1.54) is 18.2 Å². The van der Waals surface area contributed by atoms with Gasteiger partial charge in [-0.25, -0.2) is 16.8 Å². The van der Waals surface area contributed by atoms with E-state index in [4.69, 9.17) is 0 Å². The van der Waals surface area contributed by atoms with Crippen LogP contribution >= 0.6 is 11.3 Å². The summed E-state index contributed by atoms with van der Waals surface area (Å²) in [6, 6.07) is 15.1. The first-order valence-corrected chi connectivity index (χ1v) is 12.8.